The zero-order chi connectivity index (χ0) is 17.9. The van der Waals surface area contributed by atoms with Crippen LogP contribution in [0.25, 0.3) is 5.52 Å². The molecule has 1 aliphatic carbocycles. The summed E-state index contributed by atoms with van der Waals surface area (Å²) in [6.07, 6.45) is 5.13. The average Bonchev–Trinajstić information content (AvgIpc) is 3.24. The van der Waals surface area contributed by atoms with Gasteiger partial charge in [0.15, 0.2) is 5.82 Å². The van der Waals surface area contributed by atoms with Crippen LogP contribution in [0.1, 0.15) is 35.7 Å². The van der Waals surface area contributed by atoms with Gasteiger partial charge in [0.1, 0.15) is 10.1 Å². The molecule has 3 aromatic rings. The first-order chi connectivity index (χ1) is 12.6. The molecule has 1 atom stereocenters. The molecule has 1 aromatic carbocycles. The van der Waals surface area contributed by atoms with Gasteiger partial charge in [0.25, 0.3) is 0 Å². The topological polar surface area (TPSA) is 59.5 Å². The third-order valence-electron chi connectivity index (χ3n) is 6.28. The Balaban J connectivity index is 1.44. The van der Waals surface area contributed by atoms with Crippen LogP contribution in [-0.4, -0.2) is 27.7 Å². The molecule has 2 aromatic heterocycles. The molecule has 0 radical (unpaired) electrons. The van der Waals surface area contributed by atoms with Gasteiger partial charge in [-0.25, -0.2) is 9.50 Å². The number of nitrogens with zero attached hydrogens (tertiary/aromatic N) is 4. The molecule has 2 N–H and O–H groups in total. The normalized spacial score (nSPS) is 21.5. The number of piperidine rings is 1. The molecule has 6 heteroatoms. The van der Waals surface area contributed by atoms with Crippen molar-refractivity contribution in [1.82, 2.24) is 14.6 Å². The van der Waals surface area contributed by atoms with Gasteiger partial charge in [0.2, 0.25) is 0 Å². The number of hydrogen-bond donors (Lipinski definition) is 1. The summed E-state index contributed by atoms with van der Waals surface area (Å²) in [5.74, 6) is 1.03. The summed E-state index contributed by atoms with van der Waals surface area (Å²) >= 11 is 3.59. The summed E-state index contributed by atoms with van der Waals surface area (Å²) in [7, 11) is 0. The molecule has 3 heterocycles. The standard InChI is InChI=1S/C20H22BrN5/c1-13-18(21)26-16(6-9-23-26)19(24-13)25-10-7-20(8-11-25)12-14-4-2-3-5-15(14)17(20)22/h2-6,9,17H,7-8,10-12,22H2,1H3/t17-/m1/s1. The van der Waals surface area contributed by atoms with Crippen molar-refractivity contribution in [2.45, 2.75) is 32.2 Å². The van der Waals surface area contributed by atoms with Crippen molar-refractivity contribution in [1.29, 1.82) is 0 Å². The highest BCUT2D eigenvalue weighted by Crippen LogP contribution is 2.51. The molecule has 1 aliphatic heterocycles. The zero-order valence-corrected chi connectivity index (χ0v) is 16.4. The van der Waals surface area contributed by atoms with Crippen molar-refractivity contribution in [2.24, 2.45) is 11.1 Å². The van der Waals surface area contributed by atoms with E-state index in [2.05, 4.69) is 50.2 Å². The number of anilines is 1. The number of rotatable bonds is 1. The summed E-state index contributed by atoms with van der Waals surface area (Å²) < 4.78 is 2.85. The summed E-state index contributed by atoms with van der Waals surface area (Å²) in [6, 6.07) is 10.9. The fourth-order valence-electron chi connectivity index (χ4n) is 4.75. The Bertz CT molecular complexity index is 987. The van der Waals surface area contributed by atoms with Crippen LogP contribution in [0.2, 0.25) is 0 Å². The monoisotopic (exact) mass is 411 g/mol. The second kappa shape index (κ2) is 5.79. The molecular formula is C20H22BrN5. The van der Waals surface area contributed by atoms with E-state index >= 15 is 0 Å². The Morgan fingerprint density at radius 3 is 2.73 bits per heavy atom. The van der Waals surface area contributed by atoms with Gasteiger partial charge < -0.3 is 10.6 Å². The number of hydrogen-bond acceptors (Lipinski definition) is 4. The van der Waals surface area contributed by atoms with Gasteiger partial charge in [-0.1, -0.05) is 24.3 Å². The van der Waals surface area contributed by atoms with E-state index in [4.69, 9.17) is 10.7 Å². The van der Waals surface area contributed by atoms with Gasteiger partial charge in [-0.3, -0.25) is 0 Å². The first kappa shape index (κ1) is 16.3. The minimum atomic E-state index is 0.149. The quantitative estimate of drug-likeness (QED) is 0.663. The molecule has 0 unspecified atom stereocenters. The number of benzene rings is 1. The van der Waals surface area contributed by atoms with E-state index in [9.17, 15) is 0 Å². The Morgan fingerprint density at radius 1 is 1.19 bits per heavy atom. The molecule has 2 aliphatic rings. The van der Waals surface area contributed by atoms with Crippen LogP contribution >= 0.6 is 15.9 Å². The zero-order valence-electron chi connectivity index (χ0n) is 14.8. The number of aromatic nitrogens is 3. The molecule has 0 bridgehead atoms. The SMILES string of the molecule is Cc1nc(N2CCC3(CC2)Cc2ccccc2[C@H]3N)c2ccnn2c1Br. The number of aryl methyl sites for hydroxylation is 1. The van der Waals surface area contributed by atoms with Gasteiger partial charge >= 0.3 is 0 Å². The summed E-state index contributed by atoms with van der Waals surface area (Å²) in [4.78, 5) is 7.26. The Morgan fingerprint density at radius 2 is 1.96 bits per heavy atom. The van der Waals surface area contributed by atoms with E-state index in [0.717, 1.165) is 54.0 Å². The molecule has 1 fully saturated rings. The summed E-state index contributed by atoms with van der Waals surface area (Å²) in [5.41, 5.74) is 11.7. The van der Waals surface area contributed by atoms with Crippen molar-refractivity contribution in [3.8, 4) is 0 Å². The van der Waals surface area contributed by atoms with Gasteiger partial charge in [0, 0.05) is 19.1 Å². The minimum Gasteiger partial charge on any atom is -0.355 e. The van der Waals surface area contributed by atoms with E-state index in [-0.39, 0.29) is 11.5 Å². The van der Waals surface area contributed by atoms with E-state index in [1.807, 2.05) is 23.7 Å². The smallest absolute Gasteiger partial charge is 0.155 e. The van der Waals surface area contributed by atoms with E-state index in [1.165, 1.54) is 11.1 Å². The maximum atomic E-state index is 6.70. The Labute approximate surface area is 161 Å². The van der Waals surface area contributed by atoms with Gasteiger partial charge in [-0.2, -0.15) is 5.10 Å². The highest BCUT2D eigenvalue weighted by molar-refractivity contribution is 9.10. The molecule has 5 nitrogen and oxygen atoms in total. The highest BCUT2D eigenvalue weighted by atomic mass is 79.9. The third-order valence-corrected chi connectivity index (χ3v) is 7.19. The lowest BCUT2D eigenvalue weighted by Crippen LogP contribution is -2.44. The van der Waals surface area contributed by atoms with Crippen molar-refractivity contribution >= 4 is 27.3 Å². The van der Waals surface area contributed by atoms with Gasteiger partial charge in [-0.15, -0.1) is 0 Å². The van der Waals surface area contributed by atoms with Crippen LogP contribution in [0.3, 0.4) is 0 Å². The van der Waals surface area contributed by atoms with Crippen molar-refractivity contribution in [3.05, 3.63) is 58.0 Å². The number of halogens is 1. The van der Waals surface area contributed by atoms with Crippen molar-refractivity contribution in [2.75, 3.05) is 18.0 Å². The van der Waals surface area contributed by atoms with Crippen molar-refractivity contribution < 1.29 is 0 Å². The van der Waals surface area contributed by atoms with Gasteiger partial charge in [0.05, 0.1) is 11.9 Å². The van der Waals surface area contributed by atoms with Crippen LogP contribution < -0.4 is 10.6 Å². The summed E-state index contributed by atoms with van der Waals surface area (Å²) in [5, 5.41) is 4.43. The first-order valence-electron chi connectivity index (χ1n) is 9.17. The van der Waals surface area contributed by atoms with Crippen LogP contribution in [0.4, 0.5) is 5.82 Å². The number of fused-ring (bicyclic) bond motifs is 2. The second-order valence-electron chi connectivity index (χ2n) is 7.64. The second-order valence-corrected chi connectivity index (χ2v) is 8.39. The molecular weight excluding hydrogens is 390 g/mol. The fourth-order valence-corrected chi connectivity index (χ4v) is 5.12. The van der Waals surface area contributed by atoms with Crippen LogP contribution in [-0.2, 0) is 6.42 Å². The summed E-state index contributed by atoms with van der Waals surface area (Å²) in [6.45, 7) is 3.98. The molecule has 1 spiro atoms. The Hall–Kier alpha value is -1.92. The Kier molecular flexibility index (Phi) is 3.62. The van der Waals surface area contributed by atoms with Crippen LogP contribution in [0.15, 0.2) is 41.1 Å². The minimum absolute atomic E-state index is 0.149. The van der Waals surface area contributed by atoms with Crippen LogP contribution in [0.5, 0.6) is 0 Å². The van der Waals surface area contributed by atoms with E-state index in [0.29, 0.717) is 0 Å². The molecule has 1 saturated heterocycles. The third kappa shape index (κ3) is 2.25. The van der Waals surface area contributed by atoms with Crippen molar-refractivity contribution in [3.63, 3.8) is 0 Å². The largest absolute Gasteiger partial charge is 0.355 e. The lowest BCUT2D eigenvalue weighted by molar-refractivity contribution is 0.187. The molecule has 0 amide bonds. The molecule has 134 valence electrons. The average molecular weight is 412 g/mol. The molecule has 26 heavy (non-hydrogen) atoms. The predicted octanol–water partition coefficient (Wildman–Crippen LogP) is 3.64. The van der Waals surface area contributed by atoms with Gasteiger partial charge in [-0.05, 0) is 64.7 Å². The predicted molar refractivity (Wildman–Crippen MR) is 106 cm³/mol. The molecule has 5 rings (SSSR count). The highest BCUT2D eigenvalue weighted by Gasteiger charge is 2.46. The maximum absolute atomic E-state index is 6.70. The number of nitrogens with two attached hydrogens (primary N) is 1. The molecule has 0 saturated carbocycles. The first-order valence-corrected chi connectivity index (χ1v) is 9.96. The fraction of sp³-hybridized carbons (Fsp3) is 0.400. The lowest BCUT2D eigenvalue weighted by atomic mass is 9.73. The van der Waals surface area contributed by atoms with E-state index < -0.39 is 0 Å². The lowest BCUT2D eigenvalue weighted by Gasteiger charge is -2.42. The maximum Gasteiger partial charge on any atom is 0.155 e. The van der Waals surface area contributed by atoms with Crippen LogP contribution in [0, 0.1) is 12.3 Å². The van der Waals surface area contributed by atoms with E-state index in [1.54, 1.807) is 0 Å².